The van der Waals surface area contributed by atoms with Gasteiger partial charge in [0.25, 0.3) is 0 Å². The monoisotopic (exact) mass is 355 g/mol. The molecule has 2 rings (SSSR count). The number of methoxy groups -OCH3 is 1. The Morgan fingerprint density at radius 1 is 1.04 bits per heavy atom. The molecule has 0 saturated heterocycles. The number of halogens is 2. The van der Waals surface area contributed by atoms with Gasteiger partial charge in [-0.2, -0.15) is 0 Å². The normalized spacial score (nSPS) is 10.0. The highest BCUT2D eigenvalue weighted by atomic mass is 35.5. The number of hydrogen-bond acceptors (Lipinski definition) is 4. The second-order valence-corrected chi connectivity index (χ2v) is 5.23. The van der Waals surface area contributed by atoms with Crippen LogP contribution < -0.4 is 14.8 Å². The standard InChI is InChI=1S/C16H15Cl2NO4/c1-21-12-3-2-4-13(10-12)22-7-8-23-16(20)19-11-5-6-14(17)15(18)9-11/h2-6,9-10H,7-8H2,1H3,(H,19,20). The summed E-state index contributed by atoms with van der Waals surface area (Å²) in [6, 6.07) is 11.9. The molecule has 0 aromatic heterocycles. The first-order valence-corrected chi connectivity index (χ1v) is 7.50. The zero-order valence-corrected chi connectivity index (χ0v) is 13.9. The van der Waals surface area contributed by atoms with Gasteiger partial charge in [-0.25, -0.2) is 4.79 Å². The van der Waals surface area contributed by atoms with Crippen molar-refractivity contribution in [1.29, 1.82) is 0 Å². The van der Waals surface area contributed by atoms with Crippen molar-refractivity contribution in [2.75, 3.05) is 25.6 Å². The third-order valence-electron chi connectivity index (χ3n) is 2.79. The number of amides is 1. The Kier molecular flexibility index (Phi) is 6.38. The van der Waals surface area contributed by atoms with Crippen LogP contribution in [0.25, 0.3) is 0 Å². The van der Waals surface area contributed by atoms with Crippen LogP contribution in [-0.2, 0) is 4.74 Å². The van der Waals surface area contributed by atoms with Crippen LogP contribution in [-0.4, -0.2) is 26.4 Å². The summed E-state index contributed by atoms with van der Waals surface area (Å²) >= 11 is 11.7. The van der Waals surface area contributed by atoms with E-state index < -0.39 is 6.09 Å². The zero-order chi connectivity index (χ0) is 16.7. The molecule has 23 heavy (non-hydrogen) atoms. The van der Waals surface area contributed by atoms with Gasteiger partial charge in [0.2, 0.25) is 0 Å². The molecule has 5 nitrogen and oxygen atoms in total. The topological polar surface area (TPSA) is 56.8 Å². The fraction of sp³-hybridized carbons (Fsp3) is 0.188. The van der Waals surface area contributed by atoms with Crippen LogP contribution >= 0.6 is 23.2 Å². The first-order valence-electron chi connectivity index (χ1n) is 6.74. The van der Waals surface area contributed by atoms with Crippen LogP contribution in [0.1, 0.15) is 0 Å². The molecule has 0 saturated carbocycles. The lowest BCUT2D eigenvalue weighted by atomic mass is 10.3. The Hall–Kier alpha value is -2.11. The van der Waals surface area contributed by atoms with E-state index in [1.54, 1.807) is 31.4 Å². The molecule has 0 heterocycles. The molecule has 122 valence electrons. The molecule has 7 heteroatoms. The molecule has 0 bridgehead atoms. The van der Waals surface area contributed by atoms with Gasteiger partial charge in [-0.05, 0) is 30.3 Å². The molecule has 0 radical (unpaired) electrons. The number of nitrogens with one attached hydrogen (secondary N) is 1. The fourth-order valence-electron chi connectivity index (χ4n) is 1.71. The summed E-state index contributed by atoms with van der Waals surface area (Å²) in [6.07, 6.45) is -0.599. The van der Waals surface area contributed by atoms with Crippen LogP contribution in [0.2, 0.25) is 10.0 Å². The van der Waals surface area contributed by atoms with Gasteiger partial charge in [-0.15, -0.1) is 0 Å². The zero-order valence-electron chi connectivity index (χ0n) is 12.3. The minimum atomic E-state index is -0.599. The summed E-state index contributed by atoms with van der Waals surface area (Å²) < 4.78 is 15.6. The van der Waals surface area contributed by atoms with Gasteiger partial charge in [-0.1, -0.05) is 29.3 Å². The highest BCUT2D eigenvalue weighted by molar-refractivity contribution is 6.42. The minimum Gasteiger partial charge on any atom is -0.497 e. The molecule has 0 aliphatic carbocycles. The smallest absolute Gasteiger partial charge is 0.411 e. The number of anilines is 1. The van der Waals surface area contributed by atoms with Gasteiger partial charge >= 0.3 is 6.09 Å². The van der Waals surface area contributed by atoms with Gasteiger partial charge in [0.15, 0.2) is 0 Å². The van der Waals surface area contributed by atoms with E-state index in [1.165, 1.54) is 6.07 Å². The molecular weight excluding hydrogens is 341 g/mol. The van der Waals surface area contributed by atoms with E-state index in [0.29, 0.717) is 27.2 Å². The number of carbonyl (C=O) groups excluding carboxylic acids is 1. The number of ether oxygens (including phenoxy) is 3. The summed E-state index contributed by atoms with van der Waals surface area (Å²) in [6.45, 7) is 0.326. The van der Waals surface area contributed by atoms with Crippen molar-refractivity contribution in [3.63, 3.8) is 0 Å². The maximum atomic E-state index is 11.6. The van der Waals surface area contributed by atoms with Gasteiger partial charge in [0, 0.05) is 11.8 Å². The first-order chi connectivity index (χ1) is 11.1. The third-order valence-corrected chi connectivity index (χ3v) is 3.53. The Morgan fingerprint density at radius 2 is 1.83 bits per heavy atom. The van der Waals surface area contributed by atoms with Crippen LogP contribution in [0.4, 0.5) is 10.5 Å². The largest absolute Gasteiger partial charge is 0.497 e. The summed E-state index contributed by atoms with van der Waals surface area (Å²) in [5.74, 6) is 1.33. The molecule has 0 spiro atoms. The number of carbonyl (C=O) groups is 1. The number of rotatable bonds is 6. The Bertz CT molecular complexity index is 679. The van der Waals surface area contributed by atoms with Crippen molar-refractivity contribution in [2.45, 2.75) is 0 Å². The minimum absolute atomic E-state index is 0.102. The Balaban J connectivity index is 1.73. The molecule has 2 aromatic carbocycles. The lowest BCUT2D eigenvalue weighted by Crippen LogP contribution is -2.17. The van der Waals surface area contributed by atoms with Crippen LogP contribution in [0.3, 0.4) is 0 Å². The van der Waals surface area contributed by atoms with Crippen LogP contribution in [0, 0.1) is 0 Å². The maximum Gasteiger partial charge on any atom is 0.411 e. The van der Waals surface area contributed by atoms with Gasteiger partial charge < -0.3 is 14.2 Å². The quantitative estimate of drug-likeness (QED) is 0.767. The maximum absolute atomic E-state index is 11.6. The molecule has 0 aliphatic heterocycles. The number of hydrogen-bond donors (Lipinski definition) is 1. The SMILES string of the molecule is COc1cccc(OCCOC(=O)Nc2ccc(Cl)c(Cl)c2)c1. The molecule has 0 unspecified atom stereocenters. The van der Waals surface area contributed by atoms with Gasteiger partial charge in [0.1, 0.15) is 24.7 Å². The summed E-state index contributed by atoms with van der Waals surface area (Å²) in [5, 5.41) is 3.31. The first kappa shape index (κ1) is 17.2. The molecule has 2 aromatic rings. The van der Waals surface area contributed by atoms with Gasteiger partial charge in [0.05, 0.1) is 17.2 Å². The molecule has 0 atom stereocenters. The summed E-state index contributed by atoms with van der Waals surface area (Å²) in [5.41, 5.74) is 0.498. The van der Waals surface area contributed by atoms with Crippen molar-refractivity contribution >= 4 is 35.0 Å². The van der Waals surface area contributed by atoms with Crippen LogP contribution in [0.15, 0.2) is 42.5 Å². The van der Waals surface area contributed by atoms with E-state index in [-0.39, 0.29) is 13.2 Å². The summed E-state index contributed by atoms with van der Waals surface area (Å²) in [7, 11) is 1.58. The van der Waals surface area contributed by atoms with Crippen molar-refractivity contribution < 1.29 is 19.0 Å². The van der Waals surface area contributed by atoms with E-state index in [0.717, 1.165) is 0 Å². The van der Waals surface area contributed by atoms with Crippen molar-refractivity contribution in [1.82, 2.24) is 0 Å². The average molecular weight is 356 g/mol. The third kappa shape index (κ3) is 5.54. The highest BCUT2D eigenvalue weighted by Crippen LogP contribution is 2.25. The van der Waals surface area contributed by atoms with Crippen molar-refractivity contribution in [3.8, 4) is 11.5 Å². The van der Waals surface area contributed by atoms with Gasteiger partial charge in [-0.3, -0.25) is 5.32 Å². The lowest BCUT2D eigenvalue weighted by molar-refractivity contribution is 0.137. The van der Waals surface area contributed by atoms with Crippen molar-refractivity contribution in [3.05, 3.63) is 52.5 Å². The molecule has 1 N–H and O–H groups in total. The molecule has 0 fully saturated rings. The van der Waals surface area contributed by atoms with E-state index in [9.17, 15) is 4.79 Å². The van der Waals surface area contributed by atoms with E-state index >= 15 is 0 Å². The van der Waals surface area contributed by atoms with Crippen molar-refractivity contribution in [2.24, 2.45) is 0 Å². The summed E-state index contributed by atoms with van der Waals surface area (Å²) in [4.78, 5) is 11.6. The van der Waals surface area contributed by atoms with E-state index in [1.807, 2.05) is 12.1 Å². The molecule has 0 aliphatic rings. The predicted molar refractivity (Wildman–Crippen MR) is 89.9 cm³/mol. The second-order valence-electron chi connectivity index (χ2n) is 4.42. The average Bonchev–Trinajstić information content (AvgIpc) is 2.55. The molecular formula is C16H15Cl2NO4. The fourth-order valence-corrected chi connectivity index (χ4v) is 2.01. The van der Waals surface area contributed by atoms with E-state index in [4.69, 9.17) is 37.4 Å². The predicted octanol–water partition coefficient (Wildman–Crippen LogP) is 4.63. The number of benzene rings is 2. The highest BCUT2D eigenvalue weighted by Gasteiger charge is 2.05. The Morgan fingerprint density at radius 3 is 2.57 bits per heavy atom. The van der Waals surface area contributed by atoms with E-state index in [2.05, 4.69) is 5.32 Å². The molecule has 1 amide bonds. The Labute approximate surface area is 144 Å². The lowest BCUT2D eigenvalue weighted by Gasteiger charge is -2.09. The second kappa shape index (κ2) is 8.50. The van der Waals surface area contributed by atoms with Crippen LogP contribution in [0.5, 0.6) is 11.5 Å².